The molecule has 0 aromatic heterocycles. The van der Waals surface area contributed by atoms with Gasteiger partial charge < -0.3 is 10.4 Å². The summed E-state index contributed by atoms with van der Waals surface area (Å²) in [6.45, 7) is 0.204. The molecule has 1 atom stereocenters. The Bertz CT molecular complexity index is 506. The molecule has 0 bridgehead atoms. The van der Waals surface area contributed by atoms with Crippen molar-refractivity contribution in [2.24, 2.45) is 0 Å². The van der Waals surface area contributed by atoms with Gasteiger partial charge in [0.1, 0.15) is 0 Å². The van der Waals surface area contributed by atoms with Crippen LogP contribution >= 0.6 is 0 Å². The highest BCUT2D eigenvalue weighted by Crippen LogP contribution is 2.33. The van der Waals surface area contributed by atoms with E-state index in [0.29, 0.717) is 12.1 Å². The molecule has 9 heteroatoms. The van der Waals surface area contributed by atoms with Crippen LogP contribution in [0.4, 0.5) is 32.0 Å². The highest BCUT2D eigenvalue weighted by molar-refractivity contribution is 5.97. The van der Waals surface area contributed by atoms with Crippen LogP contribution in [-0.2, 0) is 11.0 Å². The van der Waals surface area contributed by atoms with Gasteiger partial charge in [0.2, 0.25) is 5.60 Å². The van der Waals surface area contributed by atoms with Gasteiger partial charge in [-0.1, -0.05) is 6.07 Å². The van der Waals surface area contributed by atoms with Crippen molar-refractivity contribution < 1.29 is 36.2 Å². The lowest BCUT2D eigenvalue weighted by Crippen LogP contribution is -2.52. The van der Waals surface area contributed by atoms with E-state index in [1.807, 2.05) is 0 Å². The van der Waals surface area contributed by atoms with Gasteiger partial charge in [0.25, 0.3) is 5.91 Å². The first-order valence-corrected chi connectivity index (χ1v) is 5.13. The summed E-state index contributed by atoms with van der Waals surface area (Å²) in [5, 5.41) is 10.6. The molecule has 1 amide bonds. The van der Waals surface area contributed by atoms with Crippen LogP contribution in [0.5, 0.6) is 0 Å². The molecule has 3 nitrogen and oxygen atoms in total. The molecular weight excluding hydrogens is 292 g/mol. The van der Waals surface area contributed by atoms with E-state index in [4.69, 9.17) is 5.11 Å². The molecule has 0 aliphatic heterocycles. The predicted molar refractivity (Wildman–Crippen MR) is 56.8 cm³/mol. The van der Waals surface area contributed by atoms with Gasteiger partial charge in [-0.3, -0.25) is 4.79 Å². The summed E-state index contributed by atoms with van der Waals surface area (Å²) in [6.07, 6.45) is -9.95. The lowest BCUT2D eigenvalue weighted by Gasteiger charge is -2.25. The first-order valence-electron chi connectivity index (χ1n) is 5.13. The van der Waals surface area contributed by atoms with E-state index < -0.39 is 35.1 Å². The van der Waals surface area contributed by atoms with Crippen LogP contribution < -0.4 is 5.32 Å². The molecule has 0 aliphatic rings. The number of carbonyl (C=O) groups is 1. The maximum Gasteiger partial charge on any atom is 0.426 e. The van der Waals surface area contributed by atoms with Crippen LogP contribution in [0.1, 0.15) is 12.5 Å². The smallest absolute Gasteiger partial charge is 0.373 e. The molecule has 1 aromatic carbocycles. The van der Waals surface area contributed by atoms with Crippen molar-refractivity contribution in [1.29, 1.82) is 0 Å². The summed E-state index contributed by atoms with van der Waals surface area (Å²) in [6, 6.07) is 3.04. The number of aliphatic hydroxyl groups is 1. The molecule has 2 N–H and O–H groups in total. The molecule has 0 saturated heterocycles. The van der Waals surface area contributed by atoms with Gasteiger partial charge in [0, 0.05) is 5.69 Å². The highest BCUT2D eigenvalue weighted by atomic mass is 19.4. The van der Waals surface area contributed by atoms with Crippen molar-refractivity contribution in [1.82, 2.24) is 0 Å². The Morgan fingerprint density at radius 1 is 1.15 bits per heavy atom. The van der Waals surface area contributed by atoms with Gasteiger partial charge in [-0.05, 0) is 25.1 Å². The van der Waals surface area contributed by atoms with Crippen molar-refractivity contribution in [2.75, 3.05) is 5.32 Å². The second-order valence-electron chi connectivity index (χ2n) is 4.10. The fourth-order valence-corrected chi connectivity index (χ4v) is 1.15. The molecule has 1 rings (SSSR count). The quantitative estimate of drug-likeness (QED) is 0.825. The maximum absolute atomic E-state index is 12.4. The predicted octanol–water partition coefficient (Wildman–Crippen LogP) is 2.96. The van der Waals surface area contributed by atoms with E-state index in [1.165, 1.54) is 0 Å². The average Bonchev–Trinajstić information content (AvgIpc) is 2.26. The van der Waals surface area contributed by atoms with E-state index in [-0.39, 0.29) is 6.92 Å². The molecule has 0 radical (unpaired) electrons. The Labute approximate surface area is 109 Å². The van der Waals surface area contributed by atoms with Crippen molar-refractivity contribution >= 4 is 11.6 Å². The van der Waals surface area contributed by atoms with Gasteiger partial charge in [-0.2, -0.15) is 26.3 Å². The molecule has 0 fully saturated rings. The standard InChI is InChI=1S/C11H9F6NO2/c1-9(20,11(15,16)17)8(19)18-7-4-2-3-6(5-7)10(12,13)14/h2-5,20H,1H3,(H,18,19)/t9-/m1/s1. The molecule has 1 aromatic rings. The number of alkyl halides is 6. The highest BCUT2D eigenvalue weighted by Gasteiger charge is 2.55. The Hall–Kier alpha value is -1.77. The molecule has 20 heavy (non-hydrogen) atoms. The van der Waals surface area contributed by atoms with Gasteiger partial charge >= 0.3 is 12.4 Å². The second-order valence-corrected chi connectivity index (χ2v) is 4.10. The summed E-state index contributed by atoms with van der Waals surface area (Å²) in [5.74, 6) is -1.87. The van der Waals surface area contributed by atoms with Crippen molar-refractivity contribution in [3.63, 3.8) is 0 Å². The number of hydrogen-bond acceptors (Lipinski definition) is 2. The topological polar surface area (TPSA) is 49.3 Å². The van der Waals surface area contributed by atoms with Crippen molar-refractivity contribution in [3.05, 3.63) is 29.8 Å². The number of rotatable bonds is 2. The van der Waals surface area contributed by atoms with Crippen LogP contribution in [0.15, 0.2) is 24.3 Å². The largest absolute Gasteiger partial charge is 0.426 e. The summed E-state index contributed by atoms with van der Waals surface area (Å²) in [4.78, 5) is 11.3. The van der Waals surface area contributed by atoms with Crippen LogP contribution in [0, 0.1) is 0 Å². The molecule has 0 heterocycles. The van der Waals surface area contributed by atoms with Gasteiger partial charge in [0.05, 0.1) is 5.56 Å². The first-order chi connectivity index (χ1) is 8.85. The van der Waals surface area contributed by atoms with Gasteiger partial charge in [-0.15, -0.1) is 0 Å². The van der Waals surface area contributed by atoms with Crippen molar-refractivity contribution in [3.8, 4) is 0 Å². The molecule has 0 unspecified atom stereocenters. The fourth-order valence-electron chi connectivity index (χ4n) is 1.15. The van der Waals surface area contributed by atoms with Gasteiger partial charge in [-0.25, -0.2) is 0 Å². The molecule has 0 aliphatic carbocycles. The second kappa shape index (κ2) is 4.97. The number of halogens is 6. The zero-order valence-electron chi connectivity index (χ0n) is 9.93. The number of anilines is 1. The normalized spacial score (nSPS) is 15.6. The maximum atomic E-state index is 12.4. The molecule has 112 valence electrons. The number of hydrogen-bond donors (Lipinski definition) is 2. The van der Waals surface area contributed by atoms with Crippen molar-refractivity contribution in [2.45, 2.75) is 24.9 Å². The fraction of sp³-hybridized carbons (Fsp3) is 0.364. The minimum Gasteiger partial charge on any atom is -0.373 e. The monoisotopic (exact) mass is 301 g/mol. The van der Waals surface area contributed by atoms with E-state index in [2.05, 4.69) is 0 Å². The SMILES string of the molecule is C[C@@](O)(C(=O)Nc1cccc(C(F)(F)F)c1)C(F)(F)F. The van der Waals surface area contributed by atoms with Crippen LogP contribution in [-0.4, -0.2) is 22.8 Å². The Balaban J connectivity index is 2.98. The molecule has 0 spiro atoms. The average molecular weight is 301 g/mol. The zero-order chi connectivity index (χ0) is 15.8. The van der Waals surface area contributed by atoms with Crippen LogP contribution in [0.25, 0.3) is 0 Å². The summed E-state index contributed by atoms with van der Waals surface area (Å²) < 4.78 is 74.3. The van der Waals surface area contributed by atoms with E-state index >= 15 is 0 Å². The lowest BCUT2D eigenvalue weighted by atomic mass is 10.1. The summed E-state index contributed by atoms with van der Waals surface area (Å²) >= 11 is 0. The van der Waals surface area contributed by atoms with Gasteiger partial charge in [0.15, 0.2) is 0 Å². The van der Waals surface area contributed by atoms with E-state index in [1.54, 1.807) is 5.32 Å². The number of nitrogens with one attached hydrogen (secondary N) is 1. The van der Waals surface area contributed by atoms with Crippen LogP contribution in [0.3, 0.4) is 0 Å². The third-order valence-corrected chi connectivity index (χ3v) is 2.44. The molecule has 0 saturated carbocycles. The minimum absolute atomic E-state index is 0.204. The third kappa shape index (κ3) is 3.41. The number of carbonyl (C=O) groups excluding carboxylic acids is 1. The zero-order valence-corrected chi connectivity index (χ0v) is 9.93. The lowest BCUT2D eigenvalue weighted by molar-refractivity contribution is -0.242. The number of benzene rings is 1. The Kier molecular flexibility index (Phi) is 4.04. The number of amides is 1. The summed E-state index contributed by atoms with van der Waals surface area (Å²) in [5.41, 5.74) is -5.35. The minimum atomic E-state index is -5.25. The van der Waals surface area contributed by atoms with Crippen LogP contribution in [0.2, 0.25) is 0 Å². The third-order valence-electron chi connectivity index (χ3n) is 2.44. The Morgan fingerprint density at radius 3 is 2.15 bits per heavy atom. The summed E-state index contributed by atoms with van der Waals surface area (Å²) in [7, 11) is 0. The molecular formula is C11H9F6NO2. The first kappa shape index (κ1) is 16.3. The Morgan fingerprint density at radius 2 is 1.70 bits per heavy atom. The van der Waals surface area contributed by atoms with E-state index in [0.717, 1.165) is 12.1 Å². The van der Waals surface area contributed by atoms with E-state index in [9.17, 15) is 31.1 Å².